The monoisotopic (exact) mass is 416 g/mol. The number of aromatic amines is 1. The van der Waals surface area contributed by atoms with Gasteiger partial charge in [-0.3, -0.25) is 4.90 Å². The normalized spacial score (nSPS) is 36.6. The molecule has 2 aromatic rings. The number of aromatic nitrogens is 1. The SMILES string of the molecule is CN1C[C@H](CO[C@@H]2O[C@H](CO)[C@H](O)[C@H](O)[C@H]2O)C=C2c3cccc4[nH]cc(c34)C[C@H]21. The van der Waals surface area contributed by atoms with Gasteiger partial charge in [-0.05, 0) is 36.2 Å². The molecule has 0 saturated carbocycles. The van der Waals surface area contributed by atoms with Crippen LogP contribution in [-0.4, -0.2) is 93.9 Å². The molecule has 0 radical (unpaired) electrons. The van der Waals surface area contributed by atoms with Crippen molar-refractivity contribution in [2.45, 2.75) is 43.2 Å². The summed E-state index contributed by atoms with van der Waals surface area (Å²) in [5.41, 5.74) is 5.00. The van der Waals surface area contributed by atoms with Crippen molar-refractivity contribution < 1.29 is 29.9 Å². The minimum Gasteiger partial charge on any atom is -0.394 e. The number of fused-ring (bicyclic) bond motifs is 2. The van der Waals surface area contributed by atoms with Gasteiger partial charge in [0.1, 0.15) is 24.4 Å². The molecule has 5 rings (SSSR count). The zero-order chi connectivity index (χ0) is 21.0. The highest BCUT2D eigenvalue weighted by atomic mass is 16.7. The first-order valence-electron chi connectivity index (χ1n) is 10.4. The Hall–Kier alpha value is -1.78. The lowest BCUT2D eigenvalue weighted by Crippen LogP contribution is -2.59. The van der Waals surface area contributed by atoms with E-state index in [0.717, 1.165) is 18.5 Å². The number of likely N-dealkylation sites (N-methyl/N-ethyl adjacent to an activating group) is 1. The number of nitrogens with zero attached hydrogens (tertiary/aromatic N) is 1. The van der Waals surface area contributed by atoms with Gasteiger partial charge >= 0.3 is 0 Å². The highest BCUT2D eigenvalue weighted by Gasteiger charge is 2.44. The zero-order valence-electron chi connectivity index (χ0n) is 16.8. The molecule has 1 fully saturated rings. The Balaban J connectivity index is 1.36. The van der Waals surface area contributed by atoms with Crippen molar-refractivity contribution in [1.29, 1.82) is 0 Å². The smallest absolute Gasteiger partial charge is 0.186 e. The lowest BCUT2D eigenvalue weighted by Gasteiger charge is -2.42. The van der Waals surface area contributed by atoms with Crippen molar-refractivity contribution >= 4 is 16.5 Å². The van der Waals surface area contributed by atoms with Crippen molar-refractivity contribution in [3.8, 4) is 0 Å². The van der Waals surface area contributed by atoms with Crippen LogP contribution in [0, 0.1) is 5.92 Å². The van der Waals surface area contributed by atoms with Crippen LogP contribution in [-0.2, 0) is 15.9 Å². The predicted molar refractivity (Wildman–Crippen MR) is 110 cm³/mol. The molecule has 0 unspecified atom stereocenters. The number of rotatable bonds is 4. The van der Waals surface area contributed by atoms with Crippen molar-refractivity contribution in [2.24, 2.45) is 5.92 Å². The number of aliphatic hydroxyl groups is 4. The van der Waals surface area contributed by atoms with Gasteiger partial charge in [0, 0.05) is 35.6 Å². The van der Waals surface area contributed by atoms with E-state index in [1.807, 2.05) is 0 Å². The third kappa shape index (κ3) is 3.20. The first kappa shape index (κ1) is 20.1. The van der Waals surface area contributed by atoms with Gasteiger partial charge in [-0.1, -0.05) is 18.2 Å². The van der Waals surface area contributed by atoms with Crippen molar-refractivity contribution in [2.75, 3.05) is 26.8 Å². The molecule has 5 N–H and O–H groups in total. The molecular formula is C22H28N2O6. The first-order valence-corrected chi connectivity index (χ1v) is 10.4. The van der Waals surface area contributed by atoms with Gasteiger partial charge < -0.3 is 34.9 Å². The molecular weight excluding hydrogens is 388 g/mol. The van der Waals surface area contributed by atoms with Gasteiger partial charge in [-0.25, -0.2) is 0 Å². The van der Waals surface area contributed by atoms with E-state index in [1.165, 1.54) is 22.1 Å². The van der Waals surface area contributed by atoms with Gasteiger partial charge in [0.25, 0.3) is 0 Å². The molecule has 7 atom stereocenters. The highest BCUT2D eigenvalue weighted by molar-refractivity contribution is 5.98. The summed E-state index contributed by atoms with van der Waals surface area (Å²) >= 11 is 0. The molecule has 1 aromatic carbocycles. The van der Waals surface area contributed by atoms with Crippen LogP contribution in [0.1, 0.15) is 11.1 Å². The summed E-state index contributed by atoms with van der Waals surface area (Å²) in [6.45, 7) is 0.617. The summed E-state index contributed by atoms with van der Waals surface area (Å²) in [6, 6.07) is 6.62. The molecule has 0 amide bonds. The molecule has 0 bridgehead atoms. The molecule has 3 heterocycles. The van der Waals surface area contributed by atoms with Crippen LogP contribution in [0.3, 0.4) is 0 Å². The summed E-state index contributed by atoms with van der Waals surface area (Å²) in [6.07, 6.45) is -0.949. The van der Waals surface area contributed by atoms with E-state index in [9.17, 15) is 20.4 Å². The van der Waals surface area contributed by atoms with E-state index in [1.54, 1.807) is 0 Å². The van der Waals surface area contributed by atoms with E-state index in [4.69, 9.17) is 9.47 Å². The fourth-order valence-electron chi connectivity index (χ4n) is 5.08. The van der Waals surface area contributed by atoms with Gasteiger partial charge in [0.15, 0.2) is 6.29 Å². The third-order valence-electron chi connectivity index (χ3n) is 6.66. The molecule has 3 aliphatic rings. The molecule has 1 aliphatic carbocycles. The van der Waals surface area contributed by atoms with Gasteiger partial charge in [0.05, 0.1) is 13.2 Å². The van der Waals surface area contributed by atoms with Crippen LogP contribution in [0.4, 0.5) is 0 Å². The molecule has 162 valence electrons. The molecule has 8 nitrogen and oxygen atoms in total. The van der Waals surface area contributed by atoms with E-state index in [0.29, 0.717) is 12.6 Å². The standard InChI is InChI=1S/C22H28N2O6/c1-24-8-11(10-29-22-21(28)20(27)19(26)17(9-25)30-22)5-14-13-3-2-4-15-18(13)12(7-23-15)6-16(14)24/h2-5,7,11,16-17,19-23,25-28H,6,8-10H2,1H3/t11-,16-,17-,19+,20+,21-,22-/m1/s1. The van der Waals surface area contributed by atoms with E-state index >= 15 is 0 Å². The Labute approximate surface area is 174 Å². The summed E-state index contributed by atoms with van der Waals surface area (Å²) in [5, 5.41) is 40.7. The van der Waals surface area contributed by atoms with E-state index in [-0.39, 0.29) is 5.92 Å². The number of benzene rings is 1. The Kier molecular flexibility index (Phi) is 5.19. The minimum atomic E-state index is -1.43. The Morgan fingerprint density at radius 2 is 2.03 bits per heavy atom. The van der Waals surface area contributed by atoms with Gasteiger partial charge in [0.2, 0.25) is 0 Å². The minimum absolute atomic E-state index is 0.0735. The van der Waals surface area contributed by atoms with Crippen LogP contribution in [0.5, 0.6) is 0 Å². The molecule has 8 heteroatoms. The average Bonchev–Trinajstić information content (AvgIpc) is 3.17. The Bertz CT molecular complexity index is 956. The Morgan fingerprint density at radius 1 is 1.20 bits per heavy atom. The van der Waals surface area contributed by atoms with Crippen molar-refractivity contribution in [3.05, 3.63) is 41.6 Å². The molecule has 1 saturated heterocycles. The molecule has 2 aliphatic heterocycles. The quantitative estimate of drug-likeness (QED) is 0.471. The lowest BCUT2D eigenvalue weighted by atomic mass is 9.80. The van der Waals surface area contributed by atoms with Crippen LogP contribution in [0.2, 0.25) is 0 Å². The second kappa shape index (κ2) is 7.72. The largest absolute Gasteiger partial charge is 0.394 e. The van der Waals surface area contributed by atoms with Crippen LogP contribution < -0.4 is 0 Å². The van der Waals surface area contributed by atoms with Crippen molar-refractivity contribution in [1.82, 2.24) is 9.88 Å². The second-order valence-electron chi connectivity index (χ2n) is 8.61. The van der Waals surface area contributed by atoms with Crippen LogP contribution >= 0.6 is 0 Å². The van der Waals surface area contributed by atoms with Gasteiger partial charge in [-0.15, -0.1) is 0 Å². The maximum atomic E-state index is 10.2. The molecule has 0 spiro atoms. The average molecular weight is 416 g/mol. The van der Waals surface area contributed by atoms with Crippen LogP contribution in [0.25, 0.3) is 16.5 Å². The number of nitrogens with one attached hydrogen (secondary N) is 1. The maximum Gasteiger partial charge on any atom is 0.186 e. The number of H-pyrrole nitrogens is 1. The van der Waals surface area contributed by atoms with Crippen molar-refractivity contribution in [3.63, 3.8) is 0 Å². The number of hydrogen-bond acceptors (Lipinski definition) is 7. The summed E-state index contributed by atoms with van der Waals surface area (Å²) < 4.78 is 11.3. The molecule has 1 aromatic heterocycles. The summed E-state index contributed by atoms with van der Waals surface area (Å²) in [7, 11) is 2.11. The second-order valence-corrected chi connectivity index (χ2v) is 8.61. The van der Waals surface area contributed by atoms with Gasteiger partial charge in [-0.2, -0.15) is 0 Å². The molecule has 30 heavy (non-hydrogen) atoms. The highest BCUT2D eigenvalue weighted by Crippen LogP contribution is 2.40. The first-order chi connectivity index (χ1) is 14.5. The van der Waals surface area contributed by atoms with Crippen LogP contribution in [0.15, 0.2) is 30.5 Å². The fourth-order valence-corrected chi connectivity index (χ4v) is 5.08. The summed E-state index contributed by atoms with van der Waals surface area (Å²) in [5.74, 6) is 0.0735. The van der Waals surface area contributed by atoms with E-state index in [2.05, 4.69) is 47.4 Å². The number of hydrogen-bond donors (Lipinski definition) is 5. The number of aliphatic hydroxyl groups excluding tert-OH is 4. The maximum absolute atomic E-state index is 10.2. The fraction of sp³-hybridized carbons (Fsp3) is 0.545. The van der Waals surface area contributed by atoms with E-state index < -0.39 is 37.3 Å². The topological polar surface area (TPSA) is 118 Å². The zero-order valence-corrected chi connectivity index (χ0v) is 16.8. The Morgan fingerprint density at radius 3 is 2.83 bits per heavy atom. The number of ether oxygens (including phenoxy) is 2. The summed E-state index contributed by atoms with van der Waals surface area (Å²) in [4.78, 5) is 5.69. The lowest BCUT2D eigenvalue weighted by molar-refractivity contribution is -0.302. The third-order valence-corrected chi connectivity index (χ3v) is 6.66. The predicted octanol–water partition coefficient (Wildman–Crippen LogP) is -0.146.